The highest BCUT2D eigenvalue weighted by atomic mass is 16.5. The zero-order valence-electron chi connectivity index (χ0n) is 10.9. The molecule has 0 atom stereocenters. The van der Waals surface area contributed by atoms with Crippen molar-refractivity contribution in [3.05, 3.63) is 65.7 Å². The number of ether oxygens (including phenoxy) is 1. The van der Waals surface area contributed by atoms with Gasteiger partial charge < -0.3 is 4.74 Å². The second-order valence-corrected chi connectivity index (χ2v) is 4.07. The Hall–Kier alpha value is -2.86. The molecule has 20 heavy (non-hydrogen) atoms. The molecule has 0 saturated carbocycles. The van der Waals surface area contributed by atoms with Crippen LogP contribution >= 0.6 is 0 Å². The lowest BCUT2D eigenvalue weighted by molar-refractivity contribution is -0.131. The number of hydrogen-bond acceptors (Lipinski definition) is 3. The molecule has 0 unspecified atom stereocenters. The summed E-state index contributed by atoms with van der Waals surface area (Å²) < 4.78 is 4.93. The summed E-state index contributed by atoms with van der Waals surface area (Å²) in [7, 11) is 0. The predicted molar refractivity (Wildman–Crippen MR) is 75.4 cm³/mol. The Morgan fingerprint density at radius 3 is 2.45 bits per heavy atom. The average molecular weight is 264 g/mol. The highest BCUT2D eigenvalue weighted by molar-refractivity contribution is 6.09. The second-order valence-electron chi connectivity index (χ2n) is 4.07. The number of carbonyl (C=O) groups is 2. The van der Waals surface area contributed by atoms with Crippen LogP contribution in [0.4, 0.5) is 0 Å². The van der Waals surface area contributed by atoms with Crippen molar-refractivity contribution < 1.29 is 14.3 Å². The summed E-state index contributed by atoms with van der Waals surface area (Å²) in [6.45, 7) is 1.31. The zero-order valence-corrected chi connectivity index (χ0v) is 10.9. The lowest BCUT2D eigenvalue weighted by Gasteiger charge is -2.01. The van der Waals surface area contributed by atoms with Gasteiger partial charge in [0.25, 0.3) is 0 Å². The number of rotatable bonds is 2. The molecule has 2 rings (SSSR count). The Morgan fingerprint density at radius 1 is 1.00 bits per heavy atom. The molecule has 0 radical (unpaired) electrons. The molecule has 0 spiro atoms. The van der Waals surface area contributed by atoms with Gasteiger partial charge in [-0.2, -0.15) is 0 Å². The maximum Gasteiger partial charge on any atom is 0.308 e. The molecule has 0 aromatic heterocycles. The summed E-state index contributed by atoms with van der Waals surface area (Å²) in [6.07, 6.45) is 0. The number of benzene rings is 2. The Bertz CT molecular complexity index is 691. The van der Waals surface area contributed by atoms with Crippen LogP contribution in [0.15, 0.2) is 54.6 Å². The molecule has 0 N–H and O–H groups in total. The smallest absolute Gasteiger partial charge is 0.308 e. The Balaban J connectivity index is 2.18. The van der Waals surface area contributed by atoms with E-state index in [0.717, 1.165) is 5.56 Å². The first-order chi connectivity index (χ1) is 9.65. The van der Waals surface area contributed by atoms with Gasteiger partial charge in [0.2, 0.25) is 5.78 Å². The first kappa shape index (κ1) is 13.6. The van der Waals surface area contributed by atoms with Gasteiger partial charge in [-0.05, 0) is 30.2 Å². The number of hydrogen-bond donors (Lipinski definition) is 0. The van der Waals surface area contributed by atoms with Crippen molar-refractivity contribution in [3.63, 3.8) is 0 Å². The summed E-state index contributed by atoms with van der Waals surface area (Å²) in [5.74, 6) is 4.96. The van der Waals surface area contributed by atoms with E-state index in [0.29, 0.717) is 11.3 Å². The minimum atomic E-state index is -0.426. The predicted octanol–water partition coefficient (Wildman–Crippen LogP) is 2.85. The largest absolute Gasteiger partial charge is 0.427 e. The number of ketones is 1. The molecule has 0 fully saturated rings. The first-order valence-electron chi connectivity index (χ1n) is 6.05. The molecule has 0 aliphatic rings. The fourth-order valence-electron chi connectivity index (χ4n) is 1.59. The van der Waals surface area contributed by atoms with Gasteiger partial charge in [0, 0.05) is 18.1 Å². The van der Waals surface area contributed by atoms with Crippen molar-refractivity contribution >= 4 is 11.8 Å². The van der Waals surface area contributed by atoms with Crippen LogP contribution in [0.3, 0.4) is 0 Å². The van der Waals surface area contributed by atoms with Crippen molar-refractivity contribution in [1.82, 2.24) is 0 Å². The molecule has 3 heteroatoms. The van der Waals surface area contributed by atoms with E-state index in [1.165, 1.54) is 13.0 Å². The summed E-state index contributed by atoms with van der Waals surface area (Å²) >= 11 is 0. The molecular formula is C17H12O3. The van der Waals surface area contributed by atoms with Gasteiger partial charge in [-0.25, -0.2) is 0 Å². The third kappa shape index (κ3) is 3.82. The Morgan fingerprint density at radius 2 is 1.75 bits per heavy atom. The van der Waals surface area contributed by atoms with Crippen LogP contribution in [-0.4, -0.2) is 11.8 Å². The van der Waals surface area contributed by atoms with E-state index in [1.807, 2.05) is 30.3 Å². The highest BCUT2D eigenvalue weighted by Gasteiger charge is 2.05. The zero-order chi connectivity index (χ0) is 14.4. The van der Waals surface area contributed by atoms with Gasteiger partial charge in [0.1, 0.15) is 5.75 Å². The molecule has 98 valence electrons. The fourth-order valence-corrected chi connectivity index (χ4v) is 1.59. The van der Waals surface area contributed by atoms with Crippen molar-refractivity contribution in [1.29, 1.82) is 0 Å². The van der Waals surface area contributed by atoms with Crippen LogP contribution in [0.25, 0.3) is 0 Å². The van der Waals surface area contributed by atoms with Crippen molar-refractivity contribution in [3.8, 4) is 17.6 Å². The third-order valence-corrected chi connectivity index (χ3v) is 2.45. The van der Waals surface area contributed by atoms with E-state index >= 15 is 0 Å². The maximum atomic E-state index is 11.9. The molecule has 0 bridgehead atoms. The molecule has 2 aromatic carbocycles. The van der Waals surface area contributed by atoms with Gasteiger partial charge in [0.05, 0.1) is 0 Å². The standard InChI is InChI=1S/C17H12O3/c1-13(18)20-16-9-5-8-15(12-16)17(19)11-10-14-6-3-2-4-7-14/h2-9,12H,1H3. The fraction of sp³-hybridized carbons (Fsp3) is 0.0588. The van der Waals surface area contributed by atoms with Gasteiger partial charge in [-0.1, -0.05) is 36.3 Å². The topological polar surface area (TPSA) is 43.4 Å². The minimum absolute atomic E-state index is 0.317. The third-order valence-electron chi connectivity index (χ3n) is 2.45. The normalized spacial score (nSPS) is 9.25. The summed E-state index contributed by atoms with van der Waals surface area (Å²) in [6, 6.07) is 15.7. The van der Waals surface area contributed by atoms with Crippen LogP contribution in [0.2, 0.25) is 0 Å². The summed E-state index contributed by atoms with van der Waals surface area (Å²) in [5, 5.41) is 0. The van der Waals surface area contributed by atoms with E-state index < -0.39 is 5.97 Å². The van der Waals surface area contributed by atoms with Gasteiger partial charge in [-0.3, -0.25) is 9.59 Å². The van der Waals surface area contributed by atoms with Gasteiger partial charge >= 0.3 is 5.97 Å². The SMILES string of the molecule is CC(=O)Oc1cccc(C(=O)C#Cc2ccccc2)c1. The lowest BCUT2D eigenvalue weighted by atomic mass is 10.1. The van der Waals surface area contributed by atoms with Gasteiger partial charge in [-0.15, -0.1) is 0 Å². The monoisotopic (exact) mass is 264 g/mol. The average Bonchev–Trinajstić information content (AvgIpc) is 2.45. The summed E-state index contributed by atoms with van der Waals surface area (Å²) in [5.41, 5.74) is 1.17. The molecule has 0 saturated heterocycles. The highest BCUT2D eigenvalue weighted by Crippen LogP contribution is 2.13. The van der Waals surface area contributed by atoms with Crippen LogP contribution in [0, 0.1) is 11.8 Å². The molecule has 0 aliphatic heterocycles. The number of carbonyl (C=O) groups excluding carboxylic acids is 2. The van der Waals surface area contributed by atoms with E-state index in [2.05, 4.69) is 11.8 Å². The van der Waals surface area contributed by atoms with Crippen LogP contribution in [0.5, 0.6) is 5.75 Å². The van der Waals surface area contributed by atoms with E-state index in [1.54, 1.807) is 18.2 Å². The van der Waals surface area contributed by atoms with E-state index in [-0.39, 0.29) is 5.78 Å². The maximum absolute atomic E-state index is 11.9. The molecular weight excluding hydrogens is 252 g/mol. The summed E-state index contributed by atoms with van der Waals surface area (Å²) in [4.78, 5) is 22.8. The minimum Gasteiger partial charge on any atom is -0.427 e. The molecule has 0 aliphatic carbocycles. The molecule has 0 amide bonds. The van der Waals surface area contributed by atoms with Crippen LogP contribution in [-0.2, 0) is 4.79 Å². The lowest BCUT2D eigenvalue weighted by Crippen LogP contribution is -2.02. The Kier molecular flexibility index (Phi) is 4.31. The van der Waals surface area contributed by atoms with Crippen molar-refractivity contribution in [2.24, 2.45) is 0 Å². The Labute approximate surface area is 117 Å². The van der Waals surface area contributed by atoms with Crippen molar-refractivity contribution in [2.75, 3.05) is 0 Å². The van der Waals surface area contributed by atoms with E-state index in [9.17, 15) is 9.59 Å². The second kappa shape index (κ2) is 6.35. The number of esters is 1. The van der Waals surface area contributed by atoms with Crippen LogP contribution < -0.4 is 4.74 Å². The van der Waals surface area contributed by atoms with Crippen LogP contribution in [0.1, 0.15) is 22.8 Å². The van der Waals surface area contributed by atoms with Gasteiger partial charge in [0.15, 0.2) is 0 Å². The quantitative estimate of drug-likeness (QED) is 0.362. The van der Waals surface area contributed by atoms with E-state index in [4.69, 9.17) is 4.74 Å². The number of Topliss-reactive ketones (excluding diaryl/α,β-unsaturated/α-hetero) is 1. The molecule has 3 nitrogen and oxygen atoms in total. The molecule has 0 heterocycles. The first-order valence-corrected chi connectivity index (χ1v) is 6.05. The molecule has 2 aromatic rings. The van der Waals surface area contributed by atoms with Crippen molar-refractivity contribution in [2.45, 2.75) is 6.92 Å².